The number of aromatic hydroxyl groups is 1. The number of hydrogen-bond acceptors (Lipinski definition) is 8. The number of fused-ring (bicyclic) bond motifs is 2. The standard InChI is InChI=1S/C35H45N5O4/c1-23-6-4-13-39(16-23)32-29-18-40(33(43)28-15-27(42)14-26-9-3-7-24(2)31(26)28)19-30(29)36-34(37-32)44-22-35(10-11-35)21-38-12-5-8-25(17-38)20-41/h3,7,9,14-15,23,25,41-42H,4-6,8,10-13,16-22H2,1-2H3. The number of anilines is 1. The minimum Gasteiger partial charge on any atom is -0.508 e. The van der Waals surface area contributed by atoms with Crippen LogP contribution in [0.4, 0.5) is 5.82 Å². The van der Waals surface area contributed by atoms with Crippen LogP contribution in [-0.2, 0) is 13.1 Å². The van der Waals surface area contributed by atoms with E-state index in [1.54, 1.807) is 12.1 Å². The first-order valence-electron chi connectivity index (χ1n) is 16.4. The van der Waals surface area contributed by atoms with Crippen molar-refractivity contribution in [1.82, 2.24) is 19.8 Å². The van der Waals surface area contributed by atoms with Crippen LogP contribution in [0, 0.1) is 24.2 Å². The number of aromatic nitrogens is 2. The van der Waals surface area contributed by atoms with Gasteiger partial charge in [0, 0.05) is 43.8 Å². The van der Waals surface area contributed by atoms with Crippen molar-refractivity contribution >= 4 is 22.5 Å². The Labute approximate surface area is 259 Å². The largest absolute Gasteiger partial charge is 0.508 e. The molecule has 2 atom stereocenters. The third kappa shape index (κ3) is 5.84. The summed E-state index contributed by atoms with van der Waals surface area (Å²) in [6.07, 6.45) is 6.83. The first kappa shape index (κ1) is 29.3. The van der Waals surface area contributed by atoms with Gasteiger partial charge in [0.25, 0.3) is 5.91 Å². The van der Waals surface area contributed by atoms with Gasteiger partial charge in [-0.15, -0.1) is 0 Å². The highest BCUT2D eigenvalue weighted by Crippen LogP contribution is 2.47. The Morgan fingerprint density at radius 2 is 1.93 bits per heavy atom. The molecule has 9 nitrogen and oxygen atoms in total. The van der Waals surface area contributed by atoms with Gasteiger partial charge >= 0.3 is 6.01 Å². The molecule has 2 N–H and O–H groups in total. The molecule has 4 aliphatic rings. The van der Waals surface area contributed by atoms with Crippen molar-refractivity contribution < 1.29 is 19.7 Å². The van der Waals surface area contributed by atoms with Gasteiger partial charge < -0.3 is 29.6 Å². The Kier molecular flexibility index (Phi) is 7.87. The van der Waals surface area contributed by atoms with Crippen LogP contribution in [0.3, 0.4) is 0 Å². The topological polar surface area (TPSA) is 102 Å². The van der Waals surface area contributed by atoms with E-state index in [2.05, 4.69) is 16.7 Å². The molecule has 9 heteroatoms. The Hall–Kier alpha value is -3.43. The monoisotopic (exact) mass is 599 g/mol. The van der Waals surface area contributed by atoms with E-state index in [0.717, 1.165) is 98.2 Å². The van der Waals surface area contributed by atoms with Crippen LogP contribution in [0.1, 0.15) is 72.6 Å². The van der Waals surface area contributed by atoms with Gasteiger partial charge in [0.05, 0.1) is 31.0 Å². The minimum absolute atomic E-state index is 0.0899. The molecular weight excluding hydrogens is 554 g/mol. The van der Waals surface area contributed by atoms with Crippen molar-refractivity contribution in [2.24, 2.45) is 17.3 Å². The normalized spacial score (nSPS) is 23.2. The van der Waals surface area contributed by atoms with Gasteiger partial charge in [-0.05, 0) is 92.3 Å². The average Bonchev–Trinajstić information content (AvgIpc) is 3.64. The number of nitrogens with zero attached hydrogens (tertiary/aromatic N) is 5. The molecule has 1 aromatic heterocycles. The van der Waals surface area contributed by atoms with Gasteiger partial charge in [0.2, 0.25) is 0 Å². The lowest BCUT2D eigenvalue weighted by atomic mass is 9.97. The molecule has 44 heavy (non-hydrogen) atoms. The first-order chi connectivity index (χ1) is 21.3. The number of benzene rings is 2. The maximum atomic E-state index is 14.1. The Morgan fingerprint density at radius 1 is 1.09 bits per heavy atom. The lowest BCUT2D eigenvalue weighted by Crippen LogP contribution is -2.41. The van der Waals surface area contributed by atoms with Crippen molar-refractivity contribution in [1.29, 1.82) is 0 Å². The maximum Gasteiger partial charge on any atom is 0.318 e. The molecule has 1 amide bonds. The zero-order valence-electron chi connectivity index (χ0n) is 26.1. The summed E-state index contributed by atoms with van der Waals surface area (Å²) in [5.41, 5.74) is 3.50. The lowest BCUT2D eigenvalue weighted by Gasteiger charge is -2.34. The summed E-state index contributed by atoms with van der Waals surface area (Å²) in [6, 6.07) is 9.60. The van der Waals surface area contributed by atoms with Crippen molar-refractivity contribution in [2.75, 3.05) is 50.8 Å². The molecule has 3 fully saturated rings. The molecule has 7 rings (SSSR count). The summed E-state index contributed by atoms with van der Waals surface area (Å²) in [5.74, 6) is 1.82. The molecule has 1 saturated carbocycles. The van der Waals surface area contributed by atoms with Crippen molar-refractivity contribution in [3.05, 3.63) is 52.7 Å². The quantitative estimate of drug-likeness (QED) is 0.377. The smallest absolute Gasteiger partial charge is 0.318 e. The van der Waals surface area contributed by atoms with Gasteiger partial charge in [0.1, 0.15) is 11.6 Å². The molecule has 2 aromatic carbocycles. The number of ether oxygens (including phenoxy) is 1. The van der Waals surface area contributed by atoms with E-state index < -0.39 is 0 Å². The van der Waals surface area contributed by atoms with E-state index in [1.807, 2.05) is 30.0 Å². The summed E-state index contributed by atoms with van der Waals surface area (Å²) in [5, 5.41) is 21.9. The van der Waals surface area contributed by atoms with E-state index >= 15 is 0 Å². The summed E-state index contributed by atoms with van der Waals surface area (Å²) >= 11 is 0. The number of aliphatic hydroxyl groups excluding tert-OH is 1. The molecule has 2 unspecified atom stereocenters. The number of aryl methyl sites for hydroxylation is 1. The highest BCUT2D eigenvalue weighted by atomic mass is 16.5. The van der Waals surface area contributed by atoms with Crippen LogP contribution in [0.2, 0.25) is 0 Å². The molecule has 0 radical (unpaired) electrons. The van der Waals surface area contributed by atoms with Crippen LogP contribution in [-0.4, -0.2) is 81.8 Å². The van der Waals surface area contributed by atoms with Gasteiger partial charge in [-0.1, -0.05) is 25.1 Å². The Balaban J connectivity index is 1.14. The van der Waals surface area contributed by atoms with Crippen molar-refractivity contribution in [3.63, 3.8) is 0 Å². The van der Waals surface area contributed by atoms with Gasteiger partial charge in [-0.3, -0.25) is 4.79 Å². The fraction of sp³-hybridized carbons (Fsp3) is 0.571. The third-order valence-electron chi connectivity index (χ3n) is 10.3. The fourth-order valence-electron chi connectivity index (χ4n) is 7.67. The van der Waals surface area contributed by atoms with Crippen molar-refractivity contribution in [3.8, 4) is 11.8 Å². The molecule has 1 aliphatic carbocycles. The highest BCUT2D eigenvalue weighted by Gasteiger charge is 2.45. The first-order valence-corrected chi connectivity index (χ1v) is 16.4. The molecule has 4 heterocycles. The number of rotatable bonds is 8. The van der Waals surface area contributed by atoms with Gasteiger partial charge in [-0.25, -0.2) is 0 Å². The summed E-state index contributed by atoms with van der Waals surface area (Å²) < 4.78 is 6.42. The van der Waals surface area contributed by atoms with Crippen LogP contribution in [0.25, 0.3) is 10.8 Å². The number of carbonyl (C=O) groups is 1. The number of aliphatic hydroxyl groups is 1. The van der Waals surface area contributed by atoms with Crippen molar-refractivity contribution in [2.45, 2.75) is 65.5 Å². The maximum absolute atomic E-state index is 14.1. The number of phenols is 1. The number of carbonyl (C=O) groups excluding carboxylic acids is 1. The summed E-state index contributed by atoms with van der Waals surface area (Å²) in [7, 11) is 0. The highest BCUT2D eigenvalue weighted by molar-refractivity contribution is 6.09. The molecule has 3 aromatic rings. The van der Waals surface area contributed by atoms with Crippen LogP contribution >= 0.6 is 0 Å². The average molecular weight is 600 g/mol. The number of piperidine rings is 2. The third-order valence-corrected chi connectivity index (χ3v) is 10.3. The second-order valence-electron chi connectivity index (χ2n) is 14.0. The predicted octanol–water partition coefficient (Wildman–Crippen LogP) is 4.90. The van der Waals surface area contributed by atoms with E-state index in [4.69, 9.17) is 14.7 Å². The van der Waals surface area contributed by atoms with Gasteiger partial charge in [-0.2, -0.15) is 9.97 Å². The summed E-state index contributed by atoms with van der Waals surface area (Å²) in [4.78, 5) is 30.7. The number of hydrogen-bond donors (Lipinski definition) is 2. The minimum atomic E-state index is -0.113. The zero-order valence-corrected chi connectivity index (χ0v) is 26.1. The molecule has 3 aliphatic heterocycles. The van der Waals surface area contributed by atoms with Crippen LogP contribution in [0.15, 0.2) is 30.3 Å². The van der Waals surface area contributed by atoms with Gasteiger partial charge in [0.15, 0.2) is 0 Å². The number of amides is 1. The zero-order chi connectivity index (χ0) is 30.4. The SMILES string of the molecule is Cc1cccc2cc(O)cc(C(=O)N3Cc4nc(OCC5(CN6CCCC(CO)C6)CC5)nc(N5CCCC(C)C5)c4C3)c12. The fourth-order valence-corrected chi connectivity index (χ4v) is 7.67. The second-order valence-corrected chi connectivity index (χ2v) is 14.0. The van der Waals surface area contributed by atoms with Crippen LogP contribution < -0.4 is 9.64 Å². The van der Waals surface area contributed by atoms with E-state index in [9.17, 15) is 15.0 Å². The van der Waals surface area contributed by atoms with E-state index in [1.165, 1.54) is 6.42 Å². The number of likely N-dealkylation sites (tertiary alicyclic amines) is 1. The lowest BCUT2D eigenvalue weighted by molar-refractivity contribution is 0.0751. The molecule has 0 spiro atoms. The Bertz CT molecular complexity index is 1560. The molecular formula is C35H45N5O4. The second kappa shape index (κ2) is 11.8. The molecule has 234 valence electrons. The predicted molar refractivity (Wildman–Crippen MR) is 170 cm³/mol. The number of phenolic OH excluding ortho intramolecular Hbond substituents is 1. The van der Waals surface area contributed by atoms with E-state index in [0.29, 0.717) is 43.1 Å². The van der Waals surface area contributed by atoms with E-state index in [-0.39, 0.29) is 23.7 Å². The van der Waals surface area contributed by atoms with Crippen LogP contribution in [0.5, 0.6) is 11.8 Å². The molecule has 0 bridgehead atoms. The summed E-state index contributed by atoms with van der Waals surface area (Å²) in [6.45, 7) is 10.9. The Morgan fingerprint density at radius 3 is 2.73 bits per heavy atom. The molecule has 2 saturated heterocycles.